The predicted molar refractivity (Wildman–Crippen MR) is 103 cm³/mol. The van der Waals surface area contributed by atoms with Gasteiger partial charge in [0.05, 0.1) is 25.4 Å². The van der Waals surface area contributed by atoms with Crippen LogP contribution in [0.3, 0.4) is 0 Å². The highest BCUT2D eigenvalue weighted by Gasteiger charge is 2.22. The van der Waals surface area contributed by atoms with Gasteiger partial charge in [0.25, 0.3) is 0 Å². The molecule has 0 aliphatic heterocycles. The minimum atomic E-state index is -0.717. The summed E-state index contributed by atoms with van der Waals surface area (Å²) in [6, 6.07) is 14.8. The normalized spacial score (nSPS) is 13.0. The molecule has 0 saturated heterocycles. The highest BCUT2D eigenvalue weighted by Crippen LogP contribution is 2.34. The van der Waals surface area contributed by atoms with Gasteiger partial charge in [-0.05, 0) is 35.2 Å². The minimum absolute atomic E-state index is 0.138. The molecule has 0 bridgehead atoms. The van der Waals surface area contributed by atoms with Crippen molar-refractivity contribution in [3.8, 4) is 0 Å². The van der Waals surface area contributed by atoms with Crippen LogP contribution in [0.2, 0.25) is 0 Å². The largest absolute Gasteiger partial charge is 0.465 e. The molecule has 1 N–H and O–H groups in total. The van der Waals surface area contributed by atoms with Crippen LogP contribution in [-0.4, -0.2) is 32.1 Å². The minimum Gasteiger partial charge on any atom is -0.465 e. The van der Waals surface area contributed by atoms with Gasteiger partial charge in [0, 0.05) is 13.0 Å². The number of methoxy groups -OCH3 is 2. The summed E-state index contributed by atoms with van der Waals surface area (Å²) in [6.07, 6.45) is 1.71. The summed E-state index contributed by atoms with van der Waals surface area (Å²) in [5, 5.41) is 10.9. The van der Waals surface area contributed by atoms with Crippen molar-refractivity contribution in [1.29, 1.82) is 0 Å². The van der Waals surface area contributed by atoms with Crippen LogP contribution in [0, 0.1) is 0 Å². The van der Waals surface area contributed by atoms with Crippen molar-refractivity contribution in [2.24, 2.45) is 0 Å². The Bertz CT molecular complexity index is 721. The number of rotatable bonds is 10. The van der Waals surface area contributed by atoms with Crippen molar-refractivity contribution in [2.75, 3.05) is 21.0 Å². The highest BCUT2D eigenvalue weighted by atomic mass is 16.7. The number of aliphatic hydroxyl groups excluding tert-OH is 1. The summed E-state index contributed by atoms with van der Waals surface area (Å²) in [5.74, 6) is -0.537. The van der Waals surface area contributed by atoms with Crippen molar-refractivity contribution in [3.05, 3.63) is 83.4 Å². The van der Waals surface area contributed by atoms with E-state index in [9.17, 15) is 9.90 Å². The first-order chi connectivity index (χ1) is 13.1. The maximum atomic E-state index is 11.6. The fraction of sp³-hybridized carbons (Fsp3) is 0.318. The number of esters is 1. The monoisotopic (exact) mass is 370 g/mol. The van der Waals surface area contributed by atoms with E-state index in [2.05, 4.69) is 6.58 Å². The molecule has 0 fully saturated rings. The first kappa shape index (κ1) is 20.8. The van der Waals surface area contributed by atoms with Crippen LogP contribution in [-0.2, 0) is 20.8 Å². The molecule has 0 radical (unpaired) electrons. The summed E-state index contributed by atoms with van der Waals surface area (Å²) in [4.78, 5) is 11.6. The summed E-state index contributed by atoms with van der Waals surface area (Å²) in [7, 11) is 2.93. The molecule has 0 spiro atoms. The zero-order chi connectivity index (χ0) is 19.6. The van der Waals surface area contributed by atoms with Gasteiger partial charge in [-0.2, -0.15) is 0 Å². The van der Waals surface area contributed by atoms with Crippen LogP contribution in [0.1, 0.15) is 45.5 Å². The van der Waals surface area contributed by atoms with Gasteiger partial charge >= 0.3 is 5.97 Å². The number of carbonyl (C=O) groups is 1. The van der Waals surface area contributed by atoms with Gasteiger partial charge in [0.2, 0.25) is 0 Å². The van der Waals surface area contributed by atoms with Gasteiger partial charge in [0.15, 0.2) is 0 Å². The van der Waals surface area contributed by atoms with E-state index in [1.807, 2.05) is 24.3 Å². The fourth-order valence-corrected chi connectivity index (χ4v) is 2.90. The first-order valence-electron chi connectivity index (χ1n) is 8.73. The molecule has 2 unspecified atom stereocenters. The van der Waals surface area contributed by atoms with E-state index < -0.39 is 12.1 Å². The van der Waals surface area contributed by atoms with E-state index in [1.54, 1.807) is 37.5 Å². The number of benzene rings is 2. The number of aliphatic hydroxyl groups is 1. The maximum Gasteiger partial charge on any atom is 0.337 e. The third-order valence-corrected chi connectivity index (χ3v) is 4.35. The van der Waals surface area contributed by atoms with E-state index >= 15 is 0 Å². The second kappa shape index (κ2) is 10.6. The van der Waals surface area contributed by atoms with Crippen molar-refractivity contribution in [2.45, 2.75) is 25.0 Å². The molecule has 0 aromatic heterocycles. The third-order valence-electron chi connectivity index (χ3n) is 4.35. The first-order valence-corrected chi connectivity index (χ1v) is 8.73. The van der Waals surface area contributed by atoms with Crippen LogP contribution in [0.15, 0.2) is 61.2 Å². The summed E-state index contributed by atoms with van der Waals surface area (Å²) < 4.78 is 14.9. The molecule has 0 aliphatic carbocycles. The predicted octanol–water partition coefficient (Wildman–Crippen LogP) is 3.99. The van der Waals surface area contributed by atoms with Gasteiger partial charge in [-0.15, -0.1) is 6.58 Å². The van der Waals surface area contributed by atoms with Crippen molar-refractivity contribution >= 4 is 5.97 Å². The van der Waals surface area contributed by atoms with Gasteiger partial charge in [-0.1, -0.05) is 42.5 Å². The van der Waals surface area contributed by atoms with E-state index in [0.717, 1.165) is 16.7 Å². The Morgan fingerprint density at radius 3 is 2.26 bits per heavy atom. The molecular weight excluding hydrogens is 344 g/mol. The molecule has 2 rings (SSSR count). The topological polar surface area (TPSA) is 65.0 Å². The average molecular weight is 370 g/mol. The van der Waals surface area contributed by atoms with E-state index in [-0.39, 0.29) is 12.7 Å². The molecular formula is C22H26O5. The standard InChI is InChI=1S/C22H26O5/c1-4-5-20(17-8-6-16(7-9-17)14-27-15-25-2)21(23)18-10-12-19(13-11-18)22(24)26-3/h4,6-13,20-21,23H,1,5,14-15H2,2-3H3. The lowest BCUT2D eigenvalue weighted by Gasteiger charge is -2.23. The van der Waals surface area contributed by atoms with Crippen molar-refractivity contribution in [1.82, 2.24) is 0 Å². The molecule has 5 heteroatoms. The molecule has 2 aromatic carbocycles. The molecule has 27 heavy (non-hydrogen) atoms. The number of ether oxygens (including phenoxy) is 3. The summed E-state index contributed by atoms with van der Waals surface area (Å²) >= 11 is 0. The molecule has 0 saturated carbocycles. The Morgan fingerprint density at radius 2 is 1.70 bits per heavy atom. The molecule has 0 heterocycles. The number of hydrogen-bond donors (Lipinski definition) is 1. The Kier molecular flexibility index (Phi) is 8.20. The maximum absolute atomic E-state index is 11.6. The lowest BCUT2D eigenvalue weighted by molar-refractivity contribution is -0.0390. The zero-order valence-corrected chi connectivity index (χ0v) is 15.8. The van der Waals surface area contributed by atoms with Crippen LogP contribution in [0.25, 0.3) is 0 Å². The van der Waals surface area contributed by atoms with Crippen molar-refractivity contribution in [3.63, 3.8) is 0 Å². The molecule has 0 aliphatic rings. The summed E-state index contributed by atoms with van der Waals surface area (Å²) in [5.41, 5.74) is 3.23. The number of carbonyl (C=O) groups excluding carboxylic acids is 1. The Balaban J connectivity index is 2.15. The van der Waals surface area contributed by atoms with Crippen LogP contribution >= 0.6 is 0 Å². The lowest BCUT2D eigenvalue weighted by Crippen LogP contribution is -2.11. The SMILES string of the molecule is C=CCC(c1ccc(COCOC)cc1)C(O)c1ccc(C(=O)OC)cc1. The van der Waals surface area contributed by atoms with E-state index in [1.165, 1.54) is 7.11 Å². The van der Waals surface area contributed by atoms with Crippen LogP contribution in [0.4, 0.5) is 0 Å². The van der Waals surface area contributed by atoms with E-state index in [4.69, 9.17) is 14.2 Å². The van der Waals surface area contributed by atoms with E-state index in [0.29, 0.717) is 18.6 Å². The number of hydrogen-bond acceptors (Lipinski definition) is 5. The molecule has 5 nitrogen and oxygen atoms in total. The van der Waals surface area contributed by atoms with Crippen LogP contribution < -0.4 is 0 Å². The Labute approximate surface area is 160 Å². The second-order valence-corrected chi connectivity index (χ2v) is 6.19. The van der Waals surface area contributed by atoms with Crippen molar-refractivity contribution < 1.29 is 24.1 Å². The van der Waals surface area contributed by atoms with Gasteiger partial charge in [-0.3, -0.25) is 0 Å². The molecule has 144 valence electrons. The highest BCUT2D eigenvalue weighted by molar-refractivity contribution is 5.89. The Hall–Kier alpha value is -2.47. The van der Waals surface area contributed by atoms with Gasteiger partial charge < -0.3 is 19.3 Å². The zero-order valence-electron chi connectivity index (χ0n) is 15.8. The van der Waals surface area contributed by atoms with Gasteiger partial charge in [0.1, 0.15) is 6.79 Å². The lowest BCUT2D eigenvalue weighted by atomic mass is 9.86. The third kappa shape index (κ3) is 5.76. The second-order valence-electron chi connectivity index (χ2n) is 6.19. The number of allylic oxidation sites excluding steroid dienone is 1. The van der Waals surface area contributed by atoms with Gasteiger partial charge in [-0.25, -0.2) is 4.79 Å². The van der Waals surface area contributed by atoms with Crippen LogP contribution in [0.5, 0.6) is 0 Å². The Morgan fingerprint density at radius 1 is 1.07 bits per heavy atom. The molecule has 0 amide bonds. The molecule has 2 aromatic rings. The fourth-order valence-electron chi connectivity index (χ4n) is 2.90. The molecule has 2 atom stereocenters. The smallest absolute Gasteiger partial charge is 0.337 e. The quantitative estimate of drug-likeness (QED) is 0.296. The summed E-state index contributed by atoms with van der Waals surface area (Å²) in [6.45, 7) is 4.53. The average Bonchev–Trinajstić information content (AvgIpc) is 2.72.